The molecule has 26 heavy (non-hydrogen) atoms. The Morgan fingerprint density at radius 2 is 1.58 bits per heavy atom. The molecule has 0 aliphatic heterocycles. The quantitative estimate of drug-likeness (QED) is 0.789. The fourth-order valence-corrected chi connectivity index (χ4v) is 5.09. The Morgan fingerprint density at radius 1 is 0.923 bits per heavy atom. The van der Waals surface area contributed by atoms with Crippen LogP contribution in [0.3, 0.4) is 0 Å². The molecule has 138 valence electrons. The van der Waals surface area contributed by atoms with E-state index in [0.717, 1.165) is 47.5 Å². The number of carbonyl (C=O) groups is 1. The Morgan fingerprint density at radius 3 is 2.23 bits per heavy atom. The van der Waals surface area contributed by atoms with Crippen LogP contribution < -0.4 is 4.31 Å². The first-order valence-corrected chi connectivity index (χ1v) is 10.6. The summed E-state index contributed by atoms with van der Waals surface area (Å²) in [6, 6.07) is 13.7. The van der Waals surface area contributed by atoms with Crippen LogP contribution in [0, 0.1) is 19.8 Å². The van der Waals surface area contributed by atoms with E-state index < -0.39 is 10.0 Å². The number of amides is 1. The summed E-state index contributed by atoms with van der Waals surface area (Å²) in [4.78, 5) is 13.5. The molecule has 0 saturated heterocycles. The van der Waals surface area contributed by atoms with E-state index in [1.165, 1.54) is 0 Å². The molecule has 4 nitrogen and oxygen atoms in total. The molecule has 1 amide bonds. The smallest absolute Gasteiger partial charge is 0.270 e. The summed E-state index contributed by atoms with van der Waals surface area (Å²) in [6.07, 6.45) is 4.57. The molecule has 0 atom stereocenters. The van der Waals surface area contributed by atoms with Crippen LogP contribution in [0.4, 0.5) is 5.69 Å². The van der Waals surface area contributed by atoms with Crippen molar-refractivity contribution < 1.29 is 13.2 Å². The fraction of sp³-hybridized carbons (Fsp3) is 0.381. The third-order valence-corrected chi connectivity index (χ3v) is 6.96. The summed E-state index contributed by atoms with van der Waals surface area (Å²) in [5, 5.41) is 0. The average molecular weight is 372 g/mol. The molecule has 1 aliphatic carbocycles. The van der Waals surface area contributed by atoms with E-state index in [1.807, 2.05) is 19.9 Å². The van der Waals surface area contributed by atoms with Gasteiger partial charge in [0.2, 0.25) is 5.91 Å². The number of hydrogen-bond acceptors (Lipinski definition) is 3. The Kier molecular flexibility index (Phi) is 5.47. The first-order valence-electron chi connectivity index (χ1n) is 9.13. The van der Waals surface area contributed by atoms with E-state index >= 15 is 0 Å². The Hall–Kier alpha value is -2.14. The summed E-state index contributed by atoms with van der Waals surface area (Å²) in [7, 11) is -3.96. The number of benzene rings is 2. The number of nitrogens with zero attached hydrogens (tertiary/aromatic N) is 1. The highest BCUT2D eigenvalue weighted by atomic mass is 32.2. The summed E-state index contributed by atoms with van der Waals surface area (Å²) >= 11 is 0. The van der Waals surface area contributed by atoms with Gasteiger partial charge >= 0.3 is 0 Å². The van der Waals surface area contributed by atoms with Gasteiger partial charge in [0.05, 0.1) is 10.6 Å². The minimum absolute atomic E-state index is 0.144. The van der Waals surface area contributed by atoms with Crippen molar-refractivity contribution in [2.24, 2.45) is 5.92 Å². The van der Waals surface area contributed by atoms with Crippen LogP contribution in [0.25, 0.3) is 0 Å². The lowest BCUT2D eigenvalue weighted by Crippen LogP contribution is -2.42. The second-order valence-electron chi connectivity index (χ2n) is 6.97. The number of anilines is 1. The second kappa shape index (κ2) is 7.62. The average Bonchev–Trinajstić information content (AvgIpc) is 2.66. The van der Waals surface area contributed by atoms with Crippen LogP contribution >= 0.6 is 0 Å². The Bertz CT molecular complexity index is 885. The van der Waals surface area contributed by atoms with E-state index in [9.17, 15) is 13.2 Å². The van der Waals surface area contributed by atoms with E-state index in [-0.39, 0.29) is 16.7 Å². The van der Waals surface area contributed by atoms with Crippen LogP contribution in [0.15, 0.2) is 53.4 Å². The lowest BCUT2D eigenvalue weighted by Gasteiger charge is -2.30. The molecule has 2 aromatic rings. The van der Waals surface area contributed by atoms with Crippen LogP contribution in [-0.4, -0.2) is 14.3 Å². The summed E-state index contributed by atoms with van der Waals surface area (Å²) < 4.78 is 27.8. The molecule has 1 aliphatic rings. The van der Waals surface area contributed by atoms with Crippen molar-refractivity contribution in [1.29, 1.82) is 0 Å². The van der Waals surface area contributed by atoms with Gasteiger partial charge in [-0.05, 0) is 56.0 Å². The molecule has 1 fully saturated rings. The van der Waals surface area contributed by atoms with Gasteiger partial charge in [-0.3, -0.25) is 4.79 Å². The van der Waals surface area contributed by atoms with Gasteiger partial charge in [0.15, 0.2) is 0 Å². The van der Waals surface area contributed by atoms with Gasteiger partial charge in [-0.25, -0.2) is 12.7 Å². The number of sulfonamides is 1. The summed E-state index contributed by atoms with van der Waals surface area (Å²) in [5.41, 5.74) is 2.24. The third-order valence-electron chi connectivity index (χ3n) is 5.23. The highest BCUT2D eigenvalue weighted by Crippen LogP contribution is 2.33. The maximum Gasteiger partial charge on any atom is 0.270 e. The molecule has 0 aromatic heterocycles. The maximum atomic E-state index is 13.4. The first kappa shape index (κ1) is 18.6. The topological polar surface area (TPSA) is 54.5 Å². The number of carbonyl (C=O) groups excluding carboxylic acids is 1. The SMILES string of the molecule is Cc1cccc(N(C(=O)C2CCCCC2)S(=O)(=O)c2ccccc2)c1C. The lowest BCUT2D eigenvalue weighted by molar-refractivity contribution is -0.122. The fourth-order valence-electron chi connectivity index (χ4n) is 3.54. The molecular weight excluding hydrogens is 346 g/mol. The van der Waals surface area contributed by atoms with Gasteiger partial charge in [-0.2, -0.15) is 0 Å². The van der Waals surface area contributed by atoms with Crippen molar-refractivity contribution in [3.05, 3.63) is 59.7 Å². The van der Waals surface area contributed by atoms with Gasteiger partial charge in [-0.1, -0.05) is 49.6 Å². The van der Waals surface area contributed by atoms with Crippen molar-refractivity contribution in [2.75, 3.05) is 4.31 Å². The van der Waals surface area contributed by atoms with E-state index in [1.54, 1.807) is 42.5 Å². The van der Waals surface area contributed by atoms with Crippen molar-refractivity contribution in [3.8, 4) is 0 Å². The minimum Gasteiger partial charge on any atom is -0.273 e. The van der Waals surface area contributed by atoms with Gasteiger partial charge in [0.1, 0.15) is 0 Å². The van der Waals surface area contributed by atoms with Gasteiger partial charge in [-0.15, -0.1) is 0 Å². The molecule has 0 spiro atoms. The molecule has 3 rings (SSSR count). The number of rotatable bonds is 4. The monoisotopic (exact) mass is 371 g/mol. The summed E-state index contributed by atoms with van der Waals surface area (Å²) in [6.45, 7) is 3.80. The zero-order valence-corrected chi connectivity index (χ0v) is 16.1. The van der Waals surface area contributed by atoms with Crippen LogP contribution in [0.2, 0.25) is 0 Å². The zero-order chi connectivity index (χ0) is 18.7. The van der Waals surface area contributed by atoms with Crippen LogP contribution in [-0.2, 0) is 14.8 Å². The van der Waals surface area contributed by atoms with E-state index in [4.69, 9.17) is 0 Å². The Balaban J connectivity index is 2.13. The molecule has 5 heteroatoms. The van der Waals surface area contributed by atoms with Gasteiger partial charge in [0.25, 0.3) is 10.0 Å². The lowest BCUT2D eigenvalue weighted by atomic mass is 9.88. The van der Waals surface area contributed by atoms with Crippen LogP contribution in [0.5, 0.6) is 0 Å². The van der Waals surface area contributed by atoms with E-state index in [2.05, 4.69) is 0 Å². The second-order valence-corrected chi connectivity index (χ2v) is 8.76. The molecule has 0 bridgehead atoms. The van der Waals surface area contributed by atoms with Crippen molar-refractivity contribution in [2.45, 2.75) is 50.8 Å². The predicted octanol–water partition coefficient (Wildman–Crippen LogP) is 4.61. The molecule has 0 radical (unpaired) electrons. The maximum absolute atomic E-state index is 13.4. The third kappa shape index (κ3) is 3.54. The molecule has 0 heterocycles. The van der Waals surface area contributed by atoms with Crippen LogP contribution in [0.1, 0.15) is 43.2 Å². The van der Waals surface area contributed by atoms with E-state index in [0.29, 0.717) is 5.69 Å². The molecule has 2 aromatic carbocycles. The predicted molar refractivity (Wildman–Crippen MR) is 104 cm³/mol. The molecule has 1 saturated carbocycles. The summed E-state index contributed by atoms with van der Waals surface area (Å²) in [5.74, 6) is -0.538. The molecule has 0 unspecified atom stereocenters. The zero-order valence-electron chi connectivity index (χ0n) is 15.3. The van der Waals surface area contributed by atoms with Gasteiger partial charge < -0.3 is 0 Å². The molecule has 0 N–H and O–H groups in total. The van der Waals surface area contributed by atoms with Gasteiger partial charge in [0, 0.05) is 5.92 Å². The highest BCUT2D eigenvalue weighted by molar-refractivity contribution is 7.93. The minimum atomic E-state index is -3.96. The standard InChI is InChI=1S/C21H25NO3S/c1-16-10-9-15-20(17(16)2)22(21(23)18-11-5-3-6-12-18)26(24,25)19-13-7-4-8-14-19/h4,7-10,13-15,18H,3,5-6,11-12H2,1-2H3. The Labute approximate surface area is 155 Å². The van der Waals surface area contributed by atoms with Crippen molar-refractivity contribution >= 4 is 21.6 Å². The molecular formula is C21H25NO3S. The highest BCUT2D eigenvalue weighted by Gasteiger charge is 2.36. The first-order chi connectivity index (χ1) is 12.4. The van der Waals surface area contributed by atoms with Crippen molar-refractivity contribution in [3.63, 3.8) is 0 Å². The number of aryl methyl sites for hydroxylation is 1. The largest absolute Gasteiger partial charge is 0.273 e. The van der Waals surface area contributed by atoms with Crippen molar-refractivity contribution in [1.82, 2.24) is 0 Å². The number of hydrogen-bond donors (Lipinski definition) is 0. The normalized spacial score (nSPS) is 15.6.